The summed E-state index contributed by atoms with van der Waals surface area (Å²) in [5.41, 5.74) is 2.09. The maximum Gasteiger partial charge on any atom is 0.211 e. The van der Waals surface area contributed by atoms with E-state index in [-0.39, 0.29) is 18.5 Å². The summed E-state index contributed by atoms with van der Waals surface area (Å²) in [4.78, 5) is 4.66. The molecular weight excluding hydrogens is 512 g/mol. The number of hydrogen-bond acceptors (Lipinski definition) is 4. The van der Waals surface area contributed by atoms with E-state index in [0.29, 0.717) is 41.8 Å². The average molecular weight is 540 g/mol. The van der Waals surface area contributed by atoms with Gasteiger partial charge in [-0.1, -0.05) is 43.1 Å². The Bertz CT molecular complexity index is 1300. The molecule has 0 N–H and O–H groups in total. The highest BCUT2D eigenvalue weighted by molar-refractivity contribution is 7.88. The molecule has 1 aromatic heterocycles. The number of halogens is 3. The molecule has 0 aliphatic carbocycles. The zero-order valence-electron chi connectivity index (χ0n) is 19.8. The van der Waals surface area contributed by atoms with Crippen LogP contribution in [-0.4, -0.2) is 47.7 Å². The van der Waals surface area contributed by atoms with Gasteiger partial charge in [0.1, 0.15) is 18.2 Å². The summed E-state index contributed by atoms with van der Waals surface area (Å²) in [7, 11) is -3.19. The summed E-state index contributed by atoms with van der Waals surface area (Å²) in [5, 5.41) is 0.948. The van der Waals surface area contributed by atoms with Crippen LogP contribution < -0.4 is 0 Å². The molecule has 10 heteroatoms. The molecule has 1 aliphatic heterocycles. The lowest BCUT2D eigenvalue weighted by Crippen LogP contribution is -2.40. The molecule has 0 saturated carbocycles. The molecule has 2 aromatic carbocycles. The number of rotatable bonds is 7. The molecular formula is C25H28Cl2FN3O3S. The standard InChI is InChI=1S/C25H28Cl2FN3O3S/c1-25(2,17-4-9-21(26)22(27)14-17)23-15-29-24(31(23)19-7-5-18(28)6-8-19)16-34-20-10-12-30(13-11-20)35(3,32)33/h4-9,14-15,20H,10-13,16H2,1-3H3. The number of sulfonamides is 1. The van der Waals surface area contributed by atoms with Crippen molar-refractivity contribution in [1.29, 1.82) is 0 Å². The second kappa shape index (κ2) is 10.2. The van der Waals surface area contributed by atoms with Crippen LogP contribution in [0.4, 0.5) is 4.39 Å². The van der Waals surface area contributed by atoms with Gasteiger partial charge in [-0.2, -0.15) is 0 Å². The van der Waals surface area contributed by atoms with Gasteiger partial charge in [0, 0.05) is 30.4 Å². The summed E-state index contributed by atoms with van der Waals surface area (Å²) in [5.74, 6) is 0.347. The molecule has 1 fully saturated rings. The number of piperidine rings is 1. The molecule has 0 bridgehead atoms. The smallest absolute Gasteiger partial charge is 0.211 e. The van der Waals surface area contributed by atoms with Crippen LogP contribution in [0.25, 0.3) is 5.69 Å². The van der Waals surface area contributed by atoms with Gasteiger partial charge in [-0.3, -0.25) is 4.57 Å². The van der Waals surface area contributed by atoms with E-state index in [1.165, 1.54) is 22.7 Å². The third kappa shape index (κ3) is 5.73. The van der Waals surface area contributed by atoms with Crippen LogP contribution in [-0.2, 0) is 26.8 Å². The van der Waals surface area contributed by atoms with Crippen molar-refractivity contribution in [3.05, 3.63) is 81.6 Å². The van der Waals surface area contributed by atoms with Gasteiger partial charge >= 0.3 is 0 Å². The van der Waals surface area contributed by atoms with E-state index in [9.17, 15) is 12.8 Å². The monoisotopic (exact) mass is 539 g/mol. The molecule has 6 nitrogen and oxygen atoms in total. The molecule has 4 rings (SSSR count). The zero-order chi connectivity index (χ0) is 25.4. The van der Waals surface area contributed by atoms with E-state index in [0.717, 1.165) is 16.9 Å². The van der Waals surface area contributed by atoms with E-state index < -0.39 is 15.4 Å². The van der Waals surface area contributed by atoms with Gasteiger partial charge in [-0.25, -0.2) is 22.1 Å². The lowest BCUT2D eigenvalue weighted by molar-refractivity contribution is 0.00661. The Kier molecular flexibility index (Phi) is 7.60. The highest BCUT2D eigenvalue weighted by atomic mass is 35.5. The topological polar surface area (TPSA) is 64.4 Å². The first-order valence-electron chi connectivity index (χ1n) is 11.3. The first-order chi connectivity index (χ1) is 16.5. The van der Waals surface area contributed by atoms with E-state index in [2.05, 4.69) is 18.8 Å². The lowest BCUT2D eigenvalue weighted by atomic mass is 9.81. The molecule has 0 spiro atoms. The Labute approximate surface area is 215 Å². The molecule has 2 heterocycles. The molecule has 0 amide bonds. The van der Waals surface area contributed by atoms with Crippen LogP contribution in [0.5, 0.6) is 0 Å². The number of aromatic nitrogens is 2. The molecule has 1 saturated heterocycles. The van der Waals surface area contributed by atoms with E-state index in [1.807, 2.05) is 16.7 Å². The van der Waals surface area contributed by atoms with Crippen LogP contribution >= 0.6 is 23.2 Å². The van der Waals surface area contributed by atoms with Crippen molar-refractivity contribution in [2.24, 2.45) is 0 Å². The van der Waals surface area contributed by atoms with Gasteiger partial charge < -0.3 is 4.74 Å². The first kappa shape index (κ1) is 26.1. The summed E-state index contributed by atoms with van der Waals surface area (Å²) in [6, 6.07) is 11.8. The molecule has 0 radical (unpaired) electrons. The third-order valence-electron chi connectivity index (χ3n) is 6.52. The largest absolute Gasteiger partial charge is 0.370 e. The Morgan fingerprint density at radius 2 is 1.74 bits per heavy atom. The van der Waals surface area contributed by atoms with Gasteiger partial charge in [0.15, 0.2) is 0 Å². The van der Waals surface area contributed by atoms with Crippen molar-refractivity contribution in [2.75, 3.05) is 19.3 Å². The minimum atomic E-state index is -3.19. The minimum absolute atomic E-state index is 0.0714. The van der Waals surface area contributed by atoms with E-state index >= 15 is 0 Å². The van der Waals surface area contributed by atoms with Crippen LogP contribution in [0, 0.1) is 5.82 Å². The number of ether oxygens (including phenoxy) is 1. The summed E-state index contributed by atoms with van der Waals surface area (Å²) in [6.45, 7) is 5.24. The van der Waals surface area contributed by atoms with Gasteiger partial charge in [-0.05, 0) is 54.8 Å². The van der Waals surface area contributed by atoms with Crippen molar-refractivity contribution in [3.8, 4) is 5.69 Å². The Morgan fingerprint density at radius 1 is 1.09 bits per heavy atom. The highest BCUT2D eigenvalue weighted by Gasteiger charge is 2.31. The van der Waals surface area contributed by atoms with Crippen molar-refractivity contribution < 1.29 is 17.5 Å². The fourth-order valence-electron chi connectivity index (χ4n) is 4.37. The minimum Gasteiger partial charge on any atom is -0.370 e. The summed E-state index contributed by atoms with van der Waals surface area (Å²) >= 11 is 12.4. The third-order valence-corrected chi connectivity index (χ3v) is 8.56. The second-order valence-electron chi connectivity index (χ2n) is 9.30. The van der Waals surface area contributed by atoms with E-state index in [1.54, 1.807) is 24.4 Å². The molecule has 35 heavy (non-hydrogen) atoms. The van der Waals surface area contributed by atoms with Gasteiger partial charge in [0.05, 0.1) is 28.1 Å². The first-order valence-corrected chi connectivity index (χ1v) is 13.9. The Morgan fingerprint density at radius 3 is 2.34 bits per heavy atom. The molecule has 3 aromatic rings. The molecule has 1 aliphatic rings. The van der Waals surface area contributed by atoms with Crippen LogP contribution in [0.15, 0.2) is 48.7 Å². The molecule has 0 unspecified atom stereocenters. The van der Waals surface area contributed by atoms with Crippen LogP contribution in [0.1, 0.15) is 43.8 Å². The number of nitrogens with zero attached hydrogens (tertiary/aromatic N) is 3. The van der Waals surface area contributed by atoms with Crippen LogP contribution in [0.2, 0.25) is 10.0 Å². The van der Waals surface area contributed by atoms with Gasteiger partial charge in [0.25, 0.3) is 0 Å². The van der Waals surface area contributed by atoms with Crippen LogP contribution in [0.3, 0.4) is 0 Å². The fraction of sp³-hybridized carbons (Fsp3) is 0.400. The highest BCUT2D eigenvalue weighted by Crippen LogP contribution is 2.37. The number of hydrogen-bond donors (Lipinski definition) is 0. The van der Waals surface area contributed by atoms with Gasteiger partial charge in [0.2, 0.25) is 10.0 Å². The average Bonchev–Trinajstić information content (AvgIpc) is 3.24. The van der Waals surface area contributed by atoms with Gasteiger partial charge in [-0.15, -0.1) is 0 Å². The SMILES string of the molecule is CC(C)(c1ccc(Cl)c(Cl)c1)c1cnc(COC2CCN(S(C)(=O)=O)CC2)n1-c1ccc(F)cc1. The maximum absolute atomic E-state index is 13.7. The quantitative estimate of drug-likeness (QED) is 0.392. The van der Waals surface area contributed by atoms with E-state index in [4.69, 9.17) is 27.9 Å². The van der Waals surface area contributed by atoms with Crippen molar-refractivity contribution in [1.82, 2.24) is 13.9 Å². The predicted octanol–water partition coefficient (Wildman–Crippen LogP) is 5.58. The van der Waals surface area contributed by atoms with Crippen molar-refractivity contribution in [2.45, 2.75) is 44.8 Å². The Balaban J connectivity index is 1.63. The predicted molar refractivity (Wildman–Crippen MR) is 136 cm³/mol. The maximum atomic E-state index is 13.7. The molecule has 188 valence electrons. The van der Waals surface area contributed by atoms with Crippen molar-refractivity contribution in [3.63, 3.8) is 0 Å². The second-order valence-corrected chi connectivity index (χ2v) is 12.1. The van der Waals surface area contributed by atoms with Crippen molar-refractivity contribution >= 4 is 33.2 Å². The summed E-state index contributed by atoms with van der Waals surface area (Å²) < 4.78 is 46.9. The lowest BCUT2D eigenvalue weighted by Gasteiger charge is -2.30. The zero-order valence-corrected chi connectivity index (χ0v) is 22.2. The number of imidazole rings is 1. The number of benzene rings is 2. The Hall–Kier alpha value is -1.97. The molecule has 0 atom stereocenters. The summed E-state index contributed by atoms with van der Waals surface area (Å²) in [6.07, 6.45) is 4.19. The normalized spacial score (nSPS) is 16.1. The fourth-order valence-corrected chi connectivity index (χ4v) is 5.54.